The summed E-state index contributed by atoms with van der Waals surface area (Å²) < 4.78 is 0. The van der Waals surface area contributed by atoms with Crippen LogP contribution in [0.25, 0.3) is 0 Å². The molecule has 0 bridgehead atoms. The summed E-state index contributed by atoms with van der Waals surface area (Å²) in [6.45, 7) is 4.60. The maximum absolute atomic E-state index is 2.32. The van der Waals surface area contributed by atoms with E-state index in [1.165, 1.54) is 38.4 Å². The maximum Gasteiger partial charge on any atom is 0.101 e. The van der Waals surface area contributed by atoms with Gasteiger partial charge in [-0.3, -0.25) is 0 Å². The molecule has 0 fully saturated rings. The van der Waals surface area contributed by atoms with E-state index in [1.807, 2.05) is 0 Å². The van der Waals surface area contributed by atoms with Crippen LogP contribution in [-0.2, 0) is 0 Å². The number of rotatable bonds is 6. The third-order valence-electron chi connectivity index (χ3n) is 2.24. The van der Waals surface area contributed by atoms with Crippen molar-refractivity contribution < 1.29 is 0 Å². The van der Waals surface area contributed by atoms with Crippen molar-refractivity contribution in [3.05, 3.63) is 0 Å². The summed E-state index contributed by atoms with van der Waals surface area (Å²) in [4.78, 5) is 0. The Morgan fingerprint density at radius 2 is 1.90 bits per heavy atom. The van der Waals surface area contributed by atoms with Gasteiger partial charge in [0.2, 0.25) is 0 Å². The minimum absolute atomic E-state index is 1.02. The highest BCUT2D eigenvalue weighted by Gasteiger charge is 2.02. The molecule has 0 N–H and O–H groups in total. The lowest BCUT2D eigenvalue weighted by Crippen LogP contribution is -1.97. The molecule has 0 aromatic rings. The van der Waals surface area contributed by atoms with Gasteiger partial charge in [0.15, 0.2) is 0 Å². The fourth-order valence-corrected chi connectivity index (χ4v) is 1.45. The van der Waals surface area contributed by atoms with Crippen molar-refractivity contribution in [2.75, 3.05) is 0 Å². The fraction of sp³-hybridized carbons (Fsp3) is 1.00. The first-order valence-electron chi connectivity index (χ1n) is 4.85. The Hall–Kier alpha value is 0.0649. The average molecular weight is 140 g/mol. The predicted octanol–water partition coefficient (Wildman–Crippen LogP) is 2.64. The Balaban J connectivity index is 3.21. The quantitative estimate of drug-likeness (QED) is 0.497. The molecule has 0 aliphatic carbocycles. The van der Waals surface area contributed by atoms with E-state index in [0.717, 1.165) is 5.92 Å². The lowest BCUT2D eigenvalue weighted by molar-refractivity contribution is 0.428. The first kappa shape index (κ1) is 10.1. The average Bonchev–Trinajstić information content (AvgIpc) is 1.98. The van der Waals surface area contributed by atoms with E-state index in [0.29, 0.717) is 0 Å². The SMILES string of the molecule is BCCCC(CC)CCC. The van der Waals surface area contributed by atoms with Gasteiger partial charge in [0, 0.05) is 0 Å². The topological polar surface area (TPSA) is 0 Å². The zero-order valence-corrected chi connectivity index (χ0v) is 7.82. The number of hydrogen-bond donors (Lipinski definition) is 0. The molecule has 0 heterocycles. The van der Waals surface area contributed by atoms with Crippen LogP contribution in [0.5, 0.6) is 0 Å². The molecule has 0 aromatic carbocycles. The van der Waals surface area contributed by atoms with E-state index < -0.39 is 0 Å². The van der Waals surface area contributed by atoms with Gasteiger partial charge in [-0.05, 0) is 5.92 Å². The van der Waals surface area contributed by atoms with Crippen LogP contribution in [0.15, 0.2) is 0 Å². The molecule has 0 radical (unpaired) electrons. The minimum atomic E-state index is 1.02. The third kappa shape index (κ3) is 4.90. The lowest BCUT2D eigenvalue weighted by atomic mass is 9.90. The van der Waals surface area contributed by atoms with Gasteiger partial charge >= 0.3 is 0 Å². The van der Waals surface area contributed by atoms with Crippen LogP contribution in [0.1, 0.15) is 46.0 Å². The molecule has 1 atom stereocenters. The Labute approximate surface area is 66.8 Å². The molecule has 0 aliphatic heterocycles. The summed E-state index contributed by atoms with van der Waals surface area (Å²) >= 11 is 0. The summed E-state index contributed by atoms with van der Waals surface area (Å²) in [7, 11) is 2.28. The lowest BCUT2D eigenvalue weighted by Gasteiger charge is -2.11. The molecule has 0 rings (SSSR count). The standard InChI is InChI=1S/C9H21B/c1-3-6-9(4-2)7-5-8-10/h9H,3-8,10H2,1-2H3. The third-order valence-corrected chi connectivity index (χ3v) is 2.24. The molecular formula is C9H21B. The van der Waals surface area contributed by atoms with Crippen LogP contribution in [0.2, 0.25) is 6.32 Å². The molecule has 1 heteroatoms. The van der Waals surface area contributed by atoms with Gasteiger partial charge in [0.25, 0.3) is 0 Å². The monoisotopic (exact) mass is 140 g/mol. The Kier molecular flexibility index (Phi) is 7.22. The molecule has 0 aliphatic rings. The molecule has 60 valence electrons. The van der Waals surface area contributed by atoms with E-state index in [9.17, 15) is 0 Å². The summed E-state index contributed by atoms with van der Waals surface area (Å²) in [6, 6.07) is 0. The second kappa shape index (κ2) is 7.18. The molecule has 0 nitrogen and oxygen atoms in total. The maximum atomic E-state index is 2.32. The van der Waals surface area contributed by atoms with Crippen molar-refractivity contribution in [1.29, 1.82) is 0 Å². The summed E-state index contributed by atoms with van der Waals surface area (Å²) in [5, 5.41) is 0. The second-order valence-corrected chi connectivity index (χ2v) is 3.21. The van der Waals surface area contributed by atoms with Gasteiger partial charge in [-0.1, -0.05) is 52.3 Å². The van der Waals surface area contributed by atoms with Gasteiger partial charge in [-0.15, -0.1) is 0 Å². The Bertz CT molecular complexity index is 61.7. The van der Waals surface area contributed by atoms with Crippen molar-refractivity contribution in [3.63, 3.8) is 0 Å². The fourth-order valence-electron chi connectivity index (χ4n) is 1.45. The molecule has 0 amide bonds. The highest BCUT2D eigenvalue weighted by molar-refractivity contribution is 6.08. The molecule has 0 saturated heterocycles. The van der Waals surface area contributed by atoms with Crippen LogP contribution in [-0.4, -0.2) is 7.85 Å². The van der Waals surface area contributed by atoms with Crippen molar-refractivity contribution in [2.45, 2.75) is 52.3 Å². The molecule has 0 spiro atoms. The molecule has 10 heavy (non-hydrogen) atoms. The highest BCUT2D eigenvalue weighted by Crippen LogP contribution is 2.17. The first-order valence-corrected chi connectivity index (χ1v) is 4.85. The summed E-state index contributed by atoms with van der Waals surface area (Å²) in [5.41, 5.74) is 0. The first-order chi connectivity index (χ1) is 4.85. The Morgan fingerprint density at radius 1 is 1.20 bits per heavy atom. The van der Waals surface area contributed by atoms with Crippen LogP contribution < -0.4 is 0 Å². The normalized spacial score (nSPS) is 13.4. The highest BCUT2D eigenvalue weighted by atomic mass is 14.1. The van der Waals surface area contributed by atoms with Crippen LogP contribution in [0.3, 0.4) is 0 Å². The van der Waals surface area contributed by atoms with Gasteiger partial charge in [-0.2, -0.15) is 0 Å². The van der Waals surface area contributed by atoms with E-state index in [2.05, 4.69) is 21.7 Å². The van der Waals surface area contributed by atoms with Crippen molar-refractivity contribution in [1.82, 2.24) is 0 Å². The molecule has 0 saturated carbocycles. The molecule has 0 aromatic heterocycles. The zero-order valence-electron chi connectivity index (χ0n) is 7.82. The van der Waals surface area contributed by atoms with Crippen molar-refractivity contribution >= 4 is 7.85 Å². The van der Waals surface area contributed by atoms with Crippen molar-refractivity contribution in [3.8, 4) is 0 Å². The van der Waals surface area contributed by atoms with E-state index in [-0.39, 0.29) is 0 Å². The van der Waals surface area contributed by atoms with Gasteiger partial charge in [0.05, 0.1) is 0 Å². The van der Waals surface area contributed by atoms with Crippen LogP contribution in [0.4, 0.5) is 0 Å². The van der Waals surface area contributed by atoms with E-state index in [1.54, 1.807) is 0 Å². The molecule has 1 unspecified atom stereocenters. The van der Waals surface area contributed by atoms with E-state index in [4.69, 9.17) is 0 Å². The van der Waals surface area contributed by atoms with Crippen molar-refractivity contribution in [2.24, 2.45) is 5.92 Å². The van der Waals surface area contributed by atoms with Gasteiger partial charge in [-0.25, -0.2) is 0 Å². The molecular weight excluding hydrogens is 119 g/mol. The summed E-state index contributed by atoms with van der Waals surface area (Å²) in [5.74, 6) is 1.02. The second-order valence-electron chi connectivity index (χ2n) is 3.21. The predicted molar refractivity (Wildman–Crippen MR) is 51.3 cm³/mol. The van der Waals surface area contributed by atoms with Gasteiger partial charge < -0.3 is 0 Å². The number of hydrogen-bond acceptors (Lipinski definition) is 0. The van der Waals surface area contributed by atoms with Gasteiger partial charge in [0.1, 0.15) is 7.85 Å². The smallest absolute Gasteiger partial charge is 0.0810 e. The summed E-state index contributed by atoms with van der Waals surface area (Å²) in [6.07, 6.45) is 8.44. The van der Waals surface area contributed by atoms with E-state index >= 15 is 0 Å². The zero-order chi connectivity index (χ0) is 7.82. The Morgan fingerprint density at radius 3 is 2.30 bits per heavy atom. The largest absolute Gasteiger partial charge is 0.101 e. The minimum Gasteiger partial charge on any atom is -0.0810 e. The van der Waals surface area contributed by atoms with Crippen LogP contribution in [0, 0.1) is 5.92 Å². The van der Waals surface area contributed by atoms with Crippen LogP contribution >= 0.6 is 0 Å².